The van der Waals surface area contributed by atoms with Crippen LogP contribution >= 0.6 is 0 Å². The fraction of sp³-hybridized carbons (Fsp3) is 0.353. The topological polar surface area (TPSA) is 28.2 Å². The molecule has 0 bridgehead atoms. The number of hydrogen-bond donors (Lipinski definition) is 1. The van der Waals surface area contributed by atoms with Crippen molar-refractivity contribution < 1.29 is 0 Å². The quantitative estimate of drug-likeness (QED) is 0.782. The van der Waals surface area contributed by atoms with E-state index in [1.807, 2.05) is 12.4 Å². The van der Waals surface area contributed by atoms with Crippen LogP contribution in [0.3, 0.4) is 0 Å². The number of rotatable bonds is 7. The maximum absolute atomic E-state index is 4.06. The molecule has 0 aliphatic carbocycles. The second-order valence-electron chi connectivity index (χ2n) is 5.02. The van der Waals surface area contributed by atoms with Gasteiger partial charge in [0.05, 0.1) is 0 Å². The van der Waals surface area contributed by atoms with Crippen molar-refractivity contribution in [1.82, 2.24) is 10.3 Å². The summed E-state index contributed by atoms with van der Waals surface area (Å²) in [5, 5.41) is 3.47. The molecule has 106 valence electrons. The lowest BCUT2D eigenvalue weighted by Crippen LogP contribution is -2.21. The molecule has 0 aliphatic heterocycles. The molecular formula is C17H23N3. The third kappa shape index (κ3) is 4.07. The van der Waals surface area contributed by atoms with Crippen molar-refractivity contribution in [2.45, 2.75) is 26.4 Å². The van der Waals surface area contributed by atoms with Gasteiger partial charge < -0.3 is 10.2 Å². The van der Waals surface area contributed by atoms with Crippen LogP contribution in [0.15, 0.2) is 48.8 Å². The van der Waals surface area contributed by atoms with Crippen molar-refractivity contribution >= 4 is 5.69 Å². The average Bonchev–Trinajstić information content (AvgIpc) is 2.49. The highest BCUT2D eigenvalue weighted by molar-refractivity contribution is 5.53. The smallest absolute Gasteiger partial charge is 0.0427 e. The zero-order valence-corrected chi connectivity index (χ0v) is 12.3. The maximum Gasteiger partial charge on any atom is 0.0427 e. The molecule has 0 spiro atoms. The summed E-state index contributed by atoms with van der Waals surface area (Å²) in [6.45, 7) is 5.06. The van der Waals surface area contributed by atoms with Gasteiger partial charge in [-0.2, -0.15) is 0 Å². The predicted molar refractivity (Wildman–Crippen MR) is 84.8 cm³/mol. The van der Waals surface area contributed by atoms with Crippen molar-refractivity contribution in [2.75, 3.05) is 18.5 Å². The second kappa shape index (κ2) is 7.65. The summed E-state index contributed by atoms with van der Waals surface area (Å²) in [7, 11) is 2.14. The molecule has 1 aromatic carbocycles. The van der Waals surface area contributed by atoms with Crippen LogP contribution in [0.5, 0.6) is 0 Å². The lowest BCUT2D eigenvalue weighted by molar-refractivity contribution is 0.673. The van der Waals surface area contributed by atoms with Crippen molar-refractivity contribution in [3.63, 3.8) is 0 Å². The molecule has 1 N–H and O–H groups in total. The number of nitrogens with one attached hydrogen (secondary N) is 1. The Morgan fingerprint density at radius 1 is 1.10 bits per heavy atom. The van der Waals surface area contributed by atoms with E-state index in [1.165, 1.54) is 16.8 Å². The summed E-state index contributed by atoms with van der Waals surface area (Å²) in [5.74, 6) is 0. The van der Waals surface area contributed by atoms with E-state index in [1.54, 1.807) is 0 Å². The molecule has 2 rings (SSSR count). The predicted octanol–water partition coefficient (Wildman–Crippen LogP) is 3.22. The molecular weight excluding hydrogens is 246 g/mol. The van der Waals surface area contributed by atoms with Gasteiger partial charge in [-0.05, 0) is 42.3 Å². The minimum Gasteiger partial charge on any atom is -0.370 e. The molecule has 2 aromatic rings. The Morgan fingerprint density at radius 2 is 1.85 bits per heavy atom. The number of pyridine rings is 1. The Morgan fingerprint density at radius 3 is 2.60 bits per heavy atom. The standard InChI is InChI=1S/C17H23N3/c1-3-10-19-13-16-6-4-5-7-17(16)20(2)14-15-8-11-18-12-9-15/h4-9,11-12,19H,3,10,13-14H2,1-2H3. The number of hydrogen-bond acceptors (Lipinski definition) is 3. The van der Waals surface area contributed by atoms with Gasteiger partial charge in [0.1, 0.15) is 0 Å². The van der Waals surface area contributed by atoms with Crippen LogP contribution in [0.2, 0.25) is 0 Å². The van der Waals surface area contributed by atoms with E-state index in [4.69, 9.17) is 0 Å². The van der Waals surface area contributed by atoms with Crippen LogP contribution in [0, 0.1) is 0 Å². The first-order valence-corrected chi connectivity index (χ1v) is 7.20. The summed E-state index contributed by atoms with van der Waals surface area (Å²) in [4.78, 5) is 6.35. The fourth-order valence-corrected chi connectivity index (χ4v) is 2.28. The Labute approximate surface area is 121 Å². The third-order valence-corrected chi connectivity index (χ3v) is 3.31. The number of aromatic nitrogens is 1. The third-order valence-electron chi connectivity index (χ3n) is 3.31. The first-order valence-electron chi connectivity index (χ1n) is 7.20. The van der Waals surface area contributed by atoms with Gasteiger partial charge in [-0.3, -0.25) is 4.98 Å². The molecule has 20 heavy (non-hydrogen) atoms. The van der Waals surface area contributed by atoms with Crippen LogP contribution in [-0.2, 0) is 13.1 Å². The molecule has 0 atom stereocenters. The van der Waals surface area contributed by atoms with E-state index >= 15 is 0 Å². The molecule has 0 saturated carbocycles. The van der Waals surface area contributed by atoms with Crippen molar-refractivity contribution in [3.8, 4) is 0 Å². The average molecular weight is 269 g/mol. The SMILES string of the molecule is CCCNCc1ccccc1N(C)Cc1ccncc1. The molecule has 0 radical (unpaired) electrons. The largest absolute Gasteiger partial charge is 0.370 e. The van der Waals surface area contributed by atoms with E-state index in [0.29, 0.717) is 0 Å². The van der Waals surface area contributed by atoms with Crippen molar-refractivity contribution in [2.24, 2.45) is 0 Å². The van der Waals surface area contributed by atoms with Gasteiger partial charge in [-0.1, -0.05) is 25.1 Å². The zero-order valence-electron chi connectivity index (χ0n) is 12.3. The Balaban J connectivity index is 2.07. The first-order chi connectivity index (χ1) is 9.81. The molecule has 3 heteroatoms. The molecule has 0 amide bonds. The highest BCUT2D eigenvalue weighted by atomic mass is 15.1. The Bertz CT molecular complexity index is 511. The monoisotopic (exact) mass is 269 g/mol. The molecule has 1 heterocycles. The lowest BCUT2D eigenvalue weighted by Gasteiger charge is -2.22. The molecule has 0 saturated heterocycles. The van der Waals surface area contributed by atoms with Gasteiger partial charge in [0, 0.05) is 38.2 Å². The Kier molecular flexibility index (Phi) is 5.56. The summed E-state index contributed by atoms with van der Waals surface area (Å²) in [5.41, 5.74) is 3.91. The number of anilines is 1. The number of para-hydroxylation sites is 1. The molecule has 1 aromatic heterocycles. The lowest BCUT2D eigenvalue weighted by atomic mass is 10.1. The molecule has 0 fully saturated rings. The first kappa shape index (κ1) is 14.5. The summed E-state index contributed by atoms with van der Waals surface area (Å²) >= 11 is 0. The van der Waals surface area contributed by atoms with E-state index in [9.17, 15) is 0 Å². The van der Waals surface area contributed by atoms with E-state index in [2.05, 4.69) is 65.6 Å². The van der Waals surface area contributed by atoms with Gasteiger partial charge in [0.2, 0.25) is 0 Å². The van der Waals surface area contributed by atoms with Gasteiger partial charge in [-0.15, -0.1) is 0 Å². The van der Waals surface area contributed by atoms with E-state index < -0.39 is 0 Å². The van der Waals surface area contributed by atoms with Crippen LogP contribution < -0.4 is 10.2 Å². The van der Waals surface area contributed by atoms with Crippen LogP contribution in [0.1, 0.15) is 24.5 Å². The Hall–Kier alpha value is -1.87. The van der Waals surface area contributed by atoms with E-state index in [-0.39, 0.29) is 0 Å². The van der Waals surface area contributed by atoms with Gasteiger partial charge in [0.15, 0.2) is 0 Å². The molecule has 0 unspecified atom stereocenters. The maximum atomic E-state index is 4.06. The summed E-state index contributed by atoms with van der Waals surface area (Å²) in [6, 6.07) is 12.7. The highest BCUT2D eigenvalue weighted by Gasteiger charge is 2.07. The molecule has 0 aliphatic rings. The minimum absolute atomic E-state index is 0.896. The van der Waals surface area contributed by atoms with Crippen LogP contribution in [-0.4, -0.2) is 18.6 Å². The van der Waals surface area contributed by atoms with E-state index in [0.717, 1.165) is 26.1 Å². The number of benzene rings is 1. The minimum atomic E-state index is 0.896. The van der Waals surface area contributed by atoms with Crippen LogP contribution in [0.4, 0.5) is 5.69 Å². The number of nitrogens with zero attached hydrogens (tertiary/aromatic N) is 2. The fourth-order valence-electron chi connectivity index (χ4n) is 2.28. The van der Waals surface area contributed by atoms with Gasteiger partial charge in [-0.25, -0.2) is 0 Å². The normalized spacial score (nSPS) is 10.5. The molecule has 3 nitrogen and oxygen atoms in total. The van der Waals surface area contributed by atoms with Crippen molar-refractivity contribution in [3.05, 3.63) is 59.9 Å². The van der Waals surface area contributed by atoms with Crippen LogP contribution in [0.25, 0.3) is 0 Å². The van der Waals surface area contributed by atoms with Crippen molar-refractivity contribution in [1.29, 1.82) is 0 Å². The zero-order chi connectivity index (χ0) is 14.2. The summed E-state index contributed by atoms with van der Waals surface area (Å²) in [6.07, 6.45) is 4.85. The van der Waals surface area contributed by atoms with Gasteiger partial charge >= 0.3 is 0 Å². The van der Waals surface area contributed by atoms with Gasteiger partial charge in [0.25, 0.3) is 0 Å². The second-order valence-corrected chi connectivity index (χ2v) is 5.02. The summed E-state index contributed by atoms with van der Waals surface area (Å²) < 4.78 is 0. The highest BCUT2D eigenvalue weighted by Crippen LogP contribution is 2.20.